The van der Waals surface area contributed by atoms with Crippen LogP contribution in [0.4, 0.5) is 0 Å². The molecule has 2 aliphatic rings. The minimum absolute atomic E-state index is 0.0408. The second-order valence-corrected chi connectivity index (χ2v) is 8.15. The van der Waals surface area contributed by atoms with Crippen LogP contribution < -0.4 is 0 Å². The molecule has 1 aliphatic carbocycles. The van der Waals surface area contributed by atoms with Crippen molar-refractivity contribution >= 4 is 17.7 Å². The van der Waals surface area contributed by atoms with Crippen molar-refractivity contribution in [3.05, 3.63) is 12.2 Å². The van der Waals surface area contributed by atoms with Crippen LogP contribution in [0.2, 0.25) is 0 Å². The molecule has 1 saturated heterocycles. The summed E-state index contributed by atoms with van der Waals surface area (Å²) >= 11 is 1.82. The van der Waals surface area contributed by atoms with Crippen molar-refractivity contribution in [1.82, 2.24) is 0 Å². The van der Waals surface area contributed by atoms with Crippen LogP contribution in [0.1, 0.15) is 47.0 Å². The van der Waals surface area contributed by atoms with Crippen molar-refractivity contribution in [2.75, 3.05) is 6.61 Å². The Balaban J connectivity index is 2.01. The molecule has 0 aromatic heterocycles. The second kappa shape index (κ2) is 6.52. The summed E-state index contributed by atoms with van der Waals surface area (Å²) in [6.07, 6.45) is 7.37. The van der Waals surface area contributed by atoms with E-state index in [0.29, 0.717) is 18.6 Å². The summed E-state index contributed by atoms with van der Waals surface area (Å²) in [5.41, 5.74) is -0.0408. The Morgan fingerprint density at radius 2 is 2.20 bits per heavy atom. The average Bonchev–Trinajstić information content (AvgIpc) is 2.35. The normalized spacial score (nSPS) is 36.6. The number of rotatable bonds is 3. The average molecular weight is 298 g/mol. The Morgan fingerprint density at radius 3 is 2.90 bits per heavy atom. The lowest BCUT2D eigenvalue weighted by atomic mass is 9.75. The first kappa shape index (κ1) is 15.9. The van der Waals surface area contributed by atoms with Gasteiger partial charge in [-0.3, -0.25) is 0 Å². The van der Waals surface area contributed by atoms with Gasteiger partial charge in [0.15, 0.2) is 0 Å². The summed E-state index contributed by atoms with van der Waals surface area (Å²) < 4.78 is 11.3. The van der Waals surface area contributed by atoms with E-state index in [1.54, 1.807) is 0 Å². The number of hydrogen-bond acceptors (Lipinski definition) is 4. The predicted octanol–water partition coefficient (Wildman–Crippen LogP) is 3.78. The van der Waals surface area contributed by atoms with E-state index < -0.39 is 0 Å². The fraction of sp³-hybridized carbons (Fsp3) is 0.812. The van der Waals surface area contributed by atoms with Gasteiger partial charge in [-0.25, -0.2) is 4.79 Å². The molecular formula is C16H26O3S. The Labute approximate surface area is 126 Å². The van der Waals surface area contributed by atoms with E-state index >= 15 is 0 Å². The van der Waals surface area contributed by atoms with Gasteiger partial charge >= 0.3 is 5.97 Å². The molecule has 0 radical (unpaired) electrons. The molecule has 0 bridgehead atoms. The van der Waals surface area contributed by atoms with Gasteiger partial charge in [0.1, 0.15) is 5.44 Å². The van der Waals surface area contributed by atoms with Crippen molar-refractivity contribution < 1.29 is 14.3 Å². The van der Waals surface area contributed by atoms with E-state index in [4.69, 9.17) is 9.47 Å². The zero-order chi connectivity index (χ0) is 14.8. The molecule has 1 aliphatic heterocycles. The molecule has 0 aromatic rings. The molecule has 2 rings (SSSR count). The fourth-order valence-corrected chi connectivity index (χ4v) is 4.69. The molecule has 1 saturated carbocycles. The number of carbonyl (C=O) groups excluding carboxylic acids is 1. The van der Waals surface area contributed by atoms with E-state index in [-0.39, 0.29) is 16.2 Å². The molecule has 1 heterocycles. The van der Waals surface area contributed by atoms with Crippen molar-refractivity contribution in [1.29, 1.82) is 0 Å². The highest BCUT2D eigenvalue weighted by molar-refractivity contribution is 8.01. The summed E-state index contributed by atoms with van der Waals surface area (Å²) in [6, 6.07) is 0. The van der Waals surface area contributed by atoms with Crippen LogP contribution in [0.5, 0.6) is 0 Å². The summed E-state index contributed by atoms with van der Waals surface area (Å²) in [5, 5.41) is 0. The monoisotopic (exact) mass is 298 g/mol. The van der Waals surface area contributed by atoms with E-state index in [1.165, 1.54) is 18.9 Å². The summed E-state index contributed by atoms with van der Waals surface area (Å²) in [4.78, 5) is 11.4. The van der Waals surface area contributed by atoms with Gasteiger partial charge in [0.25, 0.3) is 0 Å². The van der Waals surface area contributed by atoms with Gasteiger partial charge < -0.3 is 9.47 Å². The molecule has 4 heteroatoms. The quantitative estimate of drug-likeness (QED) is 0.587. The highest BCUT2D eigenvalue weighted by Gasteiger charge is 2.45. The molecule has 0 amide bonds. The SMILES string of the molecule is CCOC(=O)/C=C\[C@@H]1O[C@@H]2C[C@H](C)CC[C@H]2C(C)(C)S1. The molecule has 114 valence electrons. The van der Waals surface area contributed by atoms with E-state index in [0.717, 1.165) is 12.3 Å². The molecule has 0 aromatic carbocycles. The number of hydrogen-bond donors (Lipinski definition) is 0. The zero-order valence-corrected chi connectivity index (χ0v) is 13.7. The maximum absolute atomic E-state index is 11.4. The summed E-state index contributed by atoms with van der Waals surface area (Å²) in [7, 11) is 0. The summed E-state index contributed by atoms with van der Waals surface area (Å²) in [6.45, 7) is 9.14. The van der Waals surface area contributed by atoms with Crippen LogP contribution >= 0.6 is 11.8 Å². The number of thioether (sulfide) groups is 1. The third kappa shape index (κ3) is 3.79. The smallest absolute Gasteiger partial charge is 0.330 e. The van der Waals surface area contributed by atoms with Crippen LogP contribution in [0.3, 0.4) is 0 Å². The van der Waals surface area contributed by atoms with Crippen LogP contribution in [0, 0.1) is 11.8 Å². The Hall–Kier alpha value is -0.480. The largest absolute Gasteiger partial charge is 0.463 e. The van der Waals surface area contributed by atoms with Gasteiger partial charge in [-0.2, -0.15) is 0 Å². The number of fused-ring (bicyclic) bond motifs is 1. The Bertz CT molecular complexity index is 378. The molecule has 2 fully saturated rings. The maximum atomic E-state index is 11.4. The Morgan fingerprint density at radius 1 is 1.45 bits per heavy atom. The standard InChI is InChI=1S/C16H26O3S/c1-5-18-14(17)8-9-15-19-13-10-11(2)6-7-12(13)16(3,4)20-15/h8-9,11-13,15H,5-7,10H2,1-4H3/b9-8-/t11-,12-,13-,15-/m1/s1. The highest BCUT2D eigenvalue weighted by atomic mass is 32.2. The van der Waals surface area contributed by atoms with Gasteiger partial charge in [0, 0.05) is 10.8 Å². The minimum Gasteiger partial charge on any atom is -0.463 e. The van der Waals surface area contributed by atoms with Gasteiger partial charge in [0.2, 0.25) is 0 Å². The number of carbonyl (C=O) groups is 1. The topological polar surface area (TPSA) is 35.5 Å². The van der Waals surface area contributed by atoms with Crippen LogP contribution in [0.25, 0.3) is 0 Å². The number of esters is 1. The fourth-order valence-electron chi connectivity index (χ4n) is 3.29. The number of ether oxygens (including phenoxy) is 2. The first-order valence-electron chi connectivity index (χ1n) is 7.60. The summed E-state index contributed by atoms with van der Waals surface area (Å²) in [5.74, 6) is 1.08. The van der Waals surface area contributed by atoms with Crippen molar-refractivity contribution in [3.8, 4) is 0 Å². The van der Waals surface area contributed by atoms with Crippen LogP contribution in [-0.2, 0) is 14.3 Å². The minimum atomic E-state index is -0.284. The van der Waals surface area contributed by atoms with Gasteiger partial charge in [-0.15, -0.1) is 11.8 Å². The van der Waals surface area contributed by atoms with Crippen LogP contribution in [0.15, 0.2) is 12.2 Å². The molecule has 20 heavy (non-hydrogen) atoms. The lowest BCUT2D eigenvalue weighted by molar-refractivity contribution is -0.137. The first-order chi connectivity index (χ1) is 9.42. The van der Waals surface area contributed by atoms with E-state index in [9.17, 15) is 4.79 Å². The maximum Gasteiger partial charge on any atom is 0.330 e. The third-order valence-corrected chi connectivity index (χ3v) is 5.76. The van der Waals surface area contributed by atoms with Crippen molar-refractivity contribution in [3.63, 3.8) is 0 Å². The predicted molar refractivity (Wildman–Crippen MR) is 82.6 cm³/mol. The van der Waals surface area contributed by atoms with E-state index in [1.807, 2.05) is 24.8 Å². The van der Waals surface area contributed by atoms with Crippen molar-refractivity contribution in [2.45, 2.75) is 63.2 Å². The molecule has 4 atom stereocenters. The zero-order valence-electron chi connectivity index (χ0n) is 12.9. The van der Waals surface area contributed by atoms with Crippen molar-refractivity contribution in [2.24, 2.45) is 11.8 Å². The molecule has 0 unspecified atom stereocenters. The second-order valence-electron chi connectivity index (χ2n) is 6.40. The van der Waals surface area contributed by atoms with Gasteiger partial charge in [-0.1, -0.05) is 27.2 Å². The van der Waals surface area contributed by atoms with Gasteiger partial charge in [0.05, 0.1) is 12.7 Å². The lowest BCUT2D eigenvalue weighted by Crippen LogP contribution is -2.48. The van der Waals surface area contributed by atoms with Gasteiger partial charge in [-0.05, 0) is 37.7 Å². The first-order valence-corrected chi connectivity index (χ1v) is 8.48. The molecule has 0 spiro atoms. The highest BCUT2D eigenvalue weighted by Crippen LogP contribution is 2.50. The molecule has 0 N–H and O–H groups in total. The molecule has 3 nitrogen and oxygen atoms in total. The van der Waals surface area contributed by atoms with E-state index in [2.05, 4.69) is 20.8 Å². The van der Waals surface area contributed by atoms with Crippen LogP contribution in [-0.4, -0.2) is 28.9 Å². The molecular weight excluding hydrogens is 272 g/mol. The Kier molecular flexibility index (Phi) is 5.19. The lowest BCUT2D eigenvalue weighted by Gasteiger charge is -2.49. The third-order valence-electron chi connectivity index (χ3n) is 4.35.